The topological polar surface area (TPSA) is 62.8 Å². The molecule has 0 saturated carbocycles. The van der Waals surface area contributed by atoms with Crippen LogP contribution in [0, 0.1) is 6.57 Å². The highest BCUT2D eigenvalue weighted by Crippen LogP contribution is 2.38. The van der Waals surface area contributed by atoms with E-state index in [1.54, 1.807) is 13.4 Å². The third-order valence-electron chi connectivity index (χ3n) is 6.81. The second-order valence-electron chi connectivity index (χ2n) is 9.28. The van der Waals surface area contributed by atoms with Crippen molar-refractivity contribution < 1.29 is 4.74 Å². The normalized spacial score (nSPS) is 15.6. The fourth-order valence-corrected chi connectivity index (χ4v) is 5.21. The number of pyridine rings is 1. The van der Waals surface area contributed by atoms with Crippen LogP contribution in [0.4, 0.5) is 0 Å². The summed E-state index contributed by atoms with van der Waals surface area (Å²) in [5.41, 5.74) is 7.98. The minimum absolute atomic E-state index is 0.363. The van der Waals surface area contributed by atoms with Gasteiger partial charge in [-0.05, 0) is 54.0 Å². The minimum atomic E-state index is 0.363. The zero-order chi connectivity index (χ0) is 22.9. The van der Waals surface area contributed by atoms with E-state index in [1.165, 1.54) is 16.5 Å². The molecule has 33 heavy (non-hydrogen) atoms. The zero-order valence-corrected chi connectivity index (χ0v) is 19.5. The van der Waals surface area contributed by atoms with Crippen LogP contribution in [0.3, 0.4) is 0 Å². The van der Waals surface area contributed by atoms with Gasteiger partial charge in [0.15, 0.2) is 5.65 Å². The number of ether oxygens (including phenoxy) is 1. The molecule has 0 aliphatic carbocycles. The van der Waals surface area contributed by atoms with E-state index in [1.807, 2.05) is 10.7 Å². The molecule has 4 aromatic rings. The summed E-state index contributed by atoms with van der Waals surface area (Å²) in [7, 11) is 1.70. The van der Waals surface area contributed by atoms with E-state index in [9.17, 15) is 0 Å². The first-order valence-corrected chi connectivity index (χ1v) is 11.6. The predicted octanol–water partition coefficient (Wildman–Crippen LogP) is 5.20. The van der Waals surface area contributed by atoms with Gasteiger partial charge in [0.2, 0.25) is 0 Å². The molecule has 0 radical (unpaired) electrons. The van der Waals surface area contributed by atoms with Crippen LogP contribution < -0.4 is 0 Å². The Balaban J connectivity index is 1.56. The summed E-state index contributed by atoms with van der Waals surface area (Å²) in [6, 6.07) is 9.07. The smallest absolute Gasteiger partial charge is 0.270 e. The van der Waals surface area contributed by atoms with Crippen molar-refractivity contribution in [3.63, 3.8) is 0 Å². The number of methoxy groups -OCH3 is 1. The zero-order valence-electron chi connectivity index (χ0n) is 19.5. The summed E-state index contributed by atoms with van der Waals surface area (Å²) < 4.78 is 7.26. The number of piperidine rings is 1. The molecule has 3 aromatic heterocycles. The van der Waals surface area contributed by atoms with E-state index in [-0.39, 0.29) is 0 Å². The monoisotopic (exact) mass is 442 g/mol. The van der Waals surface area contributed by atoms with Crippen LogP contribution in [0.1, 0.15) is 55.2 Å². The summed E-state index contributed by atoms with van der Waals surface area (Å²) in [5.74, 6) is 0.913. The first kappa shape index (κ1) is 21.6. The molecule has 1 aromatic carbocycles. The maximum Gasteiger partial charge on any atom is 0.270 e. The lowest BCUT2D eigenvalue weighted by Crippen LogP contribution is -2.32. The van der Waals surface area contributed by atoms with Crippen LogP contribution in [-0.4, -0.2) is 51.3 Å². The lowest BCUT2D eigenvalue weighted by Gasteiger charge is -2.28. The first-order valence-electron chi connectivity index (χ1n) is 11.6. The molecule has 1 fully saturated rings. The fourth-order valence-electron chi connectivity index (χ4n) is 5.21. The molecule has 7 heteroatoms. The Morgan fingerprint density at radius 2 is 2.06 bits per heavy atom. The van der Waals surface area contributed by atoms with E-state index in [2.05, 4.69) is 62.9 Å². The third-order valence-corrected chi connectivity index (χ3v) is 6.81. The highest BCUT2D eigenvalue weighted by Gasteiger charge is 2.24. The molecule has 0 amide bonds. The van der Waals surface area contributed by atoms with Crippen LogP contribution in [-0.2, 0) is 11.3 Å². The number of benzene rings is 1. The maximum absolute atomic E-state index is 7.12. The number of aromatic amines is 1. The van der Waals surface area contributed by atoms with Crippen molar-refractivity contribution in [3.8, 4) is 11.3 Å². The number of nitrogens with zero attached hydrogens (tertiary/aromatic N) is 5. The Hall–Kier alpha value is -3.21. The summed E-state index contributed by atoms with van der Waals surface area (Å²) in [6.07, 6.45) is 5.85. The van der Waals surface area contributed by atoms with Crippen molar-refractivity contribution in [3.05, 3.63) is 64.9 Å². The Kier molecular flexibility index (Phi) is 5.88. The molecule has 1 aliphatic rings. The molecule has 170 valence electrons. The van der Waals surface area contributed by atoms with Gasteiger partial charge in [0.1, 0.15) is 6.33 Å². The number of hydrogen-bond acceptors (Lipinski definition) is 4. The van der Waals surface area contributed by atoms with E-state index in [4.69, 9.17) is 11.3 Å². The van der Waals surface area contributed by atoms with Gasteiger partial charge in [-0.1, -0.05) is 19.9 Å². The Morgan fingerprint density at radius 3 is 2.79 bits per heavy atom. The van der Waals surface area contributed by atoms with Gasteiger partial charge < -0.3 is 9.72 Å². The van der Waals surface area contributed by atoms with Crippen molar-refractivity contribution >= 4 is 16.6 Å². The van der Waals surface area contributed by atoms with Crippen LogP contribution in [0.15, 0.2) is 36.8 Å². The number of hydrogen-bond donors (Lipinski definition) is 1. The second-order valence-corrected chi connectivity index (χ2v) is 9.28. The lowest BCUT2D eigenvalue weighted by molar-refractivity contribution is 0.185. The molecule has 1 saturated heterocycles. The lowest BCUT2D eigenvalue weighted by atomic mass is 9.87. The highest BCUT2D eigenvalue weighted by molar-refractivity contribution is 5.92. The van der Waals surface area contributed by atoms with Crippen LogP contribution in [0.5, 0.6) is 0 Å². The molecule has 1 aliphatic heterocycles. The van der Waals surface area contributed by atoms with Gasteiger partial charge in [-0.25, -0.2) is 21.0 Å². The number of fused-ring (bicyclic) bond motifs is 2. The van der Waals surface area contributed by atoms with Gasteiger partial charge in [-0.3, -0.25) is 4.85 Å². The molecule has 5 rings (SSSR count). The summed E-state index contributed by atoms with van der Waals surface area (Å²) in [5, 5.41) is 5.68. The van der Waals surface area contributed by atoms with Crippen molar-refractivity contribution in [1.82, 2.24) is 24.5 Å². The van der Waals surface area contributed by atoms with E-state index < -0.39 is 0 Å². The Labute approximate surface area is 194 Å². The highest BCUT2D eigenvalue weighted by atomic mass is 16.5. The molecule has 0 spiro atoms. The predicted molar refractivity (Wildman–Crippen MR) is 130 cm³/mol. The van der Waals surface area contributed by atoms with Crippen molar-refractivity contribution in [2.45, 2.75) is 45.1 Å². The van der Waals surface area contributed by atoms with Gasteiger partial charge >= 0.3 is 0 Å². The van der Waals surface area contributed by atoms with Gasteiger partial charge in [0.05, 0.1) is 12.3 Å². The first-order chi connectivity index (χ1) is 16.1. The number of rotatable bonds is 6. The fraction of sp³-hybridized carbons (Fsp3) is 0.423. The van der Waals surface area contributed by atoms with Crippen LogP contribution in [0.25, 0.3) is 32.7 Å². The van der Waals surface area contributed by atoms with E-state index >= 15 is 0 Å². The van der Waals surface area contributed by atoms with Crippen molar-refractivity contribution in [2.75, 3.05) is 26.9 Å². The molecule has 0 atom stereocenters. The Morgan fingerprint density at radius 1 is 1.24 bits per heavy atom. The molecule has 0 unspecified atom stereocenters. The van der Waals surface area contributed by atoms with Crippen LogP contribution >= 0.6 is 0 Å². The molecule has 1 N–H and O–H groups in total. The van der Waals surface area contributed by atoms with Crippen LogP contribution in [0.2, 0.25) is 0 Å². The average Bonchev–Trinajstić information content (AvgIpc) is 3.44. The number of H-pyrrole nitrogens is 1. The standard InChI is InChI=1S/C26H30N6O/c1-17(2)24-22-12-19(18-7-9-31(10-8-18)16-27-3)5-6-23(22)30-25(24)20-11-21(14-33-4)26-28-15-29-32(26)13-20/h5-6,11-13,15,17-18,30H,7-10,14,16H2,1-2,4H3. The summed E-state index contributed by atoms with van der Waals surface area (Å²) in [6.45, 7) is 14.6. The maximum atomic E-state index is 7.12. The van der Waals surface area contributed by atoms with E-state index in [0.29, 0.717) is 25.1 Å². The number of aromatic nitrogens is 4. The van der Waals surface area contributed by atoms with Gasteiger partial charge in [-0.15, -0.1) is 0 Å². The largest absolute Gasteiger partial charge is 0.380 e. The third kappa shape index (κ3) is 4.01. The van der Waals surface area contributed by atoms with Gasteiger partial charge in [0.25, 0.3) is 6.67 Å². The SMILES string of the molecule is [C-]#[N+]CN1CCC(c2ccc3[nH]c(-c4cc(COC)c5ncnn5c4)c(C(C)C)c3c2)CC1. The number of nitrogens with one attached hydrogen (secondary N) is 1. The molecular formula is C26H30N6O. The van der Waals surface area contributed by atoms with Gasteiger partial charge in [-0.2, -0.15) is 5.10 Å². The average molecular weight is 443 g/mol. The van der Waals surface area contributed by atoms with E-state index in [0.717, 1.165) is 53.9 Å². The molecule has 4 heterocycles. The quantitative estimate of drug-likeness (QED) is 0.417. The Bertz CT molecular complexity index is 1320. The van der Waals surface area contributed by atoms with Crippen molar-refractivity contribution in [2.24, 2.45) is 0 Å². The summed E-state index contributed by atoms with van der Waals surface area (Å²) in [4.78, 5) is 13.9. The van der Waals surface area contributed by atoms with Gasteiger partial charge in [0, 0.05) is 48.4 Å². The molecule has 0 bridgehead atoms. The summed E-state index contributed by atoms with van der Waals surface area (Å²) >= 11 is 0. The second kappa shape index (κ2) is 8.97. The molecule has 7 nitrogen and oxygen atoms in total. The minimum Gasteiger partial charge on any atom is -0.380 e. The van der Waals surface area contributed by atoms with Crippen molar-refractivity contribution in [1.29, 1.82) is 0 Å². The number of likely N-dealkylation sites (tertiary alicyclic amines) is 1. The molecular weight excluding hydrogens is 412 g/mol.